The van der Waals surface area contributed by atoms with Gasteiger partial charge < -0.3 is 28.1 Å². The largest absolute Gasteiger partial charge is 0.454 e. The number of benzene rings is 8. The third kappa shape index (κ3) is 6.58. The molecule has 0 bridgehead atoms. The Labute approximate surface area is 501 Å². The molecule has 8 aromatic carbocycles. The van der Waals surface area contributed by atoms with E-state index in [-0.39, 0.29) is 44.9 Å². The lowest BCUT2D eigenvalue weighted by molar-refractivity contribution is 0.195. The minimum Gasteiger partial charge on any atom is -0.454 e. The molecule has 0 radical (unpaired) electrons. The third-order valence-corrected chi connectivity index (χ3v) is 23.1. The maximum Gasteiger partial charge on any atom is 0.252 e. The highest BCUT2D eigenvalue weighted by atomic mass is 16.3. The quantitative estimate of drug-likeness (QED) is 0.165. The predicted molar refractivity (Wildman–Crippen MR) is 359 cm³/mol. The van der Waals surface area contributed by atoms with Crippen LogP contribution in [-0.4, -0.2) is 22.4 Å². The van der Waals surface area contributed by atoms with Gasteiger partial charge in [0.2, 0.25) is 0 Å². The van der Waals surface area contributed by atoms with Gasteiger partial charge in [0.15, 0.2) is 11.2 Å². The van der Waals surface area contributed by atoms with Crippen molar-refractivity contribution in [2.24, 2.45) is 0 Å². The second-order valence-electron chi connectivity index (χ2n) is 30.7. The van der Waals surface area contributed by atoms with Gasteiger partial charge in [-0.2, -0.15) is 0 Å². The van der Waals surface area contributed by atoms with Gasteiger partial charge in [-0.25, -0.2) is 0 Å². The van der Waals surface area contributed by atoms with Crippen LogP contribution in [0.2, 0.25) is 0 Å². The number of anilines is 7. The standard InChI is InChI=1S/C78H79BN4O2/c1-72(2,3)46-29-33-59-55(40-46)75(10)35-18-20-37-77(75,12)82(59)49-31-32-57-62(43-49)80(61-26-22-25-52-51-23-14-16-27-65(51)84-70(52)61)63-44-50(83-60-34-30-47(73(4,5)6)41-56(60)76(11)36-19-21-38-78(76,83)13)45-64-67(63)79(57)58-42-48(74(7,8)9)39-54-68(58)81(64)69-53-24-15-17-28-66(53)85-71(54)69/h14-17,22-34,39-45H,18-21,35-38H2,1-13H3. The predicted octanol–water partition coefficient (Wildman–Crippen LogP) is 19.4. The van der Waals surface area contributed by atoms with Gasteiger partial charge in [-0.15, -0.1) is 0 Å². The van der Waals surface area contributed by atoms with Crippen molar-refractivity contribution >= 4 is 118 Å². The van der Waals surface area contributed by atoms with Crippen LogP contribution in [0, 0.1) is 0 Å². The average Bonchev–Trinajstić information content (AvgIpc) is 1.64. The molecule has 7 heteroatoms. The van der Waals surface area contributed by atoms with E-state index >= 15 is 0 Å². The molecule has 0 spiro atoms. The molecule has 0 N–H and O–H groups in total. The Bertz CT molecular complexity index is 4740. The molecule has 4 atom stereocenters. The van der Waals surface area contributed by atoms with Crippen molar-refractivity contribution in [2.75, 3.05) is 14.7 Å². The van der Waals surface area contributed by atoms with E-state index in [1.54, 1.807) is 0 Å². The van der Waals surface area contributed by atoms with Crippen LogP contribution in [0.3, 0.4) is 0 Å². The fourth-order valence-corrected chi connectivity index (χ4v) is 18.0. The number of fused-ring (bicyclic) bond motifs is 18. The highest BCUT2D eigenvalue weighted by Crippen LogP contribution is 2.64. The third-order valence-electron chi connectivity index (χ3n) is 23.1. The Morgan fingerprint density at radius 3 is 1.58 bits per heavy atom. The van der Waals surface area contributed by atoms with Crippen LogP contribution in [0.25, 0.3) is 60.6 Å². The molecule has 2 fully saturated rings. The van der Waals surface area contributed by atoms with Gasteiger partial charge >= 0.3 is 0 Å². The Balaban J connectivity index is 1.02. The van der Waals surface area contributed by atoms with Crippen LogP contribution in [0.15, 0.2) is 154 Å². The second-order valence-corrected chi connectivity index (χ2v) is 30.7. The zero-order valence-corrected chi connectivity index (χ0v) is 52.2. The number of para-hydroxylation sites is 3. The molecule has 426 valence electrons. The van der Waals surface area contributed by atoms with Crippen LogP contribution in [0.5, 0.6) is 0 Å². The fraction of sp³-hybridized carbons (Fsp3) is 0.359. The molecule has 4 aliphatic heterocycles. The summed E-state index contributed by atoms with van der Waals surface area (Å²) in [5.41, 5.74) is 26.3. The minimum absolute atomic E-state index is 0.0115. The van der Waals surface area contributed by atoms with Gasteiger partial charge in [-0.05, 0) is 167 Å². The molecule has 3 aromatic heterocycles. The Morgan fingerprint density at radius 2 is 0.941 bits per heavy atom. The second kappa shape index (κ2) is 16.7. The van der Waals surface area contributed by atoms with E-state index in [0.717, 1.165) is 69.0 Å². The van der Waals surface area contributed by atoms with Gasteiger partial charge in [0.25, 0.3) is 6.71 Å². The molecule has 6 nitrogen and oxygen atoms in total. The summed E-state index contributed by atoms with van der Waals surface area (Å²) in [6, 6.07) is 57.1. The van der Waals surface area contributed by atoms with Crippen LogP contribution in [0.1, 0.15) is 169 Å². The first-order valence-corrected chi connectivity index (χ1v) is 32.0. The van der Waals surface area contributed by atoms with E-state index in [9.17, 15) is 0 Å². The van der Waals surface area contributed by atoms with Crippen molar-refractivity contribution in [2.45, 2.75) is 180 Å². The molecule has 2 aliphatic carbocycles. The molecule has 0 amide bonds. The minimum atomic E-state index is -0.205. The van der Waals surface area contributed by atoms with E-state index in [4.69, 9.17) is 8.83 Å². The molecular weight excluding hydrogens is 1040 g/mol. The van der Waals surface area contributed by atoms with Gasteiger partial charge in [-0.3, -0.25) is 0 Å². The smallest absolute Gasteiger partial charge is 0.252 e. The van der Waals surface area contributed by atoms with E-state index in [1.165, 1.54) is 127 Å². The number of hydrogen-bond acceptors (Lipinski definition) is 5. The molecule has 0 saturated heterocycles. The fourth-order valence-electron chi connectivity index (χ4n) is 18.0. The number of hydrogen-bond donors (Lipinski definition) is 0. The molecule has 6 aliphatic rings. The lowest BCUT2D eigenvalue weighted by atomic mass is 9.33. The lowest BCUT2D eigenvalue weighted by Crippen LogP contribution is -2.61. The molecule has 85 heavy (non-hydrogen) atoms. The van der Waals surface area contributed by atoms with Gasteiger partial charge in [0.1, 0.15) is 16.7 Å². The van der Waals surface area contributed by atoms with E-state index in [0.29, 0.717) is 0 Å². The molecule has 2 saturated carbocycles. The zero-order chi connectivity index (χ0) is 58.4. The van der Waals surface area contributed by atoms with Gasteiger partial charge in [0.05, 0.1) is 22.3 Å². The first kappa shape index (κ1) is 51.8. The van der Waals surface area contributed by atoms with E-state index in [1.807, 2.05) is 0 Å². The van der Waals surface area contributed by atoms with Crippen molar-refractivity contribution in [3.05, 3.63) is 173 Å². The Kier molecular flexibility index (Phi) is 10.1. The summed E-state index contributed by atoms with van der Waals surface area (Å²) >= 11 is 0. The van der Waals surface area contributed by atoms with Crippen molar-refractivity contribution in [3.8, 4) is 5.69 Å². The topological polar surface area (TPSA) is 40.9 Å². The maximum absolute atomic E-state index is 7.25. The highest BCUT2D eigenvalue weighted by molar-refractivity contribution is 7.00. The monoisotopic (exact) mass is 1110 g/mol. The summed E-state index contributed by atoms with van der Waals surface area (Å²) in [6.45, 7) is 31.6. The summed E-state index contributed by atoms with van der Waals surface area (Å²) in [6.07, 6.45) is 9.40. The van der Waals surface area contributed by atoms with Crippen LogP contribution < -0.4 is 31.1 Å². The van der Waals surface area contributed by atoms with Crippen molar-refractivity contribution in [1.29, 1.82) is 0 Å². The van der Waals surface area contributed by atoms with Crippen molar-refractivity contribution < 1.29 is 8.83 Å². The normalized spacial score (nSPS) is 23.3. The van der Waals surface area contributed by atoms with Crippen LogP contribution >= 0.6 is 0 Å². The van der Waals surface area contributed by atoms with E-state index in [2.05, 4.69) is 255 Å². The molecule has 7 heterocycles. The molecule has 11 aromatic rings. The number of rotatable bonds is 3. The number of aromatic nitrogens is 1. The first-order chi connectivity index (χ1) is 40.5. The van der Waals surface area contributed by atoms with E-state index < -0.39 is 0 Å². The zero-order valence-electron chi connectivity index (χ0n) is 52.2. The summed E-state index contributed by atoms with van der Waals surface area (Å²) in [4.78, 5) is 8.29. The summed E-state index contributed by atoms with van der Waals surface area (Å²) < 4.78 is 17.1. The maximum atomic E-state index is 7.25. The first-order valence-electron chi connectivity index (χ1n) is 32.0. The van der Waals surface area contributed by atoms with Crippen LogP contribution in [-0.2, 0) is 27.1 Å². The SMILES string of the molecule is CC(C)(C)c1ccc2c(c1)C1(C)CCCCC1(C)N2c1ccc2c(c1)N(c1cccc3c1oc1ccccc13)c1cc(N3c4ccc(C(C)(C)C)cc4C4(C)CCCCC34C)cc3c1B2c1cc(C(C)(C)C)cc2c4oc5ccccc5c4n-3c12. The number of nitrogens with zero attached hydrogens (tertiary/aromatic N) is 4. The molecule has 17 rings (SSSR count). The number of furan rings is 2. The molecular formula is C78H79BN4O2. The summed E-state index contributed by atoms with van der Waals surface area (Å²) in [5, 5.41) is 4.57. The molecule has 4 unspecified atom stereocenters. The van der Waals surface area contributed by atoms with Crippen molar-refractivity contribution in [1.82, 2.24) is 4.57 Å². The van der Waals surface area contributed by atoms with Crippen LogP contribution in [0.4, 0.5) is 39.8 Å². The van der Waals surface area contributed by atoms with Crippen molar-refractivity contribution in [3.63, 3.8) is 0 Å². The average molecular weight is 1120 g/mol. The highest BCUT2D eigenvalue weighted by Gasteiger charge is 2.60. The Hall–Kier alpha value is -7.64. The lowest BCUT2D eigenvalue weighted by Gasteiger charge is -2.51. The van der Waals surface area contributed by atoms with Gasteiger partial charge in [0, 0.05) is 72.2 Å². The van der Waals surface area contributed by atoms with Gasteiger partial charge in [-0.1, -0.05) is 181 Å². The summed E-state index contributed by atoms with van der Waals surface area (Å²) in [5.74, 6) is 0. The Morgan fingerprint density at radius 1 is 0.400 bits per heavy atom. The summed E-state index contributed by atoms with van der Waals surface area (Å²) in [7, 11) is 0.